The van der Waals surface area contributed by atoms with Gasteiger partial charge in [0.1, 0.15) is 17.2 Å². The average molecular weight is 398 g/mol. The van der Waals surface area contributed by atoms with E-state index in [2.05, 4.69) is 10.5 Å². The molecule has 2 aromatic carbocycles. The third-order valence-electron chi connectivity index (χ3n) is 4.10. The lowest BCUT2D eigenvalue weighted by molar-refractivity contribution is -0.123. The summed E-state index contributed by atoms with van der Waals surface area (Å²) in [6.07, 6.45) is 0. The van der Waals surface area contributed by atoms with Gasteiger partial charge in [-0.25, -0.2) is 0 Å². The minimum Gasteiger partial charge on any atom is -0.497 e. The molecular weight excluding hydrogens is 376 g/mol. The third-order valence-corrected chi connectivity index (χ3v) is 4.10. The van der Waals surface area contributed by atoms with Crippen molar-refractivity contribution in [1.29, 1.82) is 0 Å². The van der Waals surface area contributed by atoms with Crippen molar-refractivity contribution in [2.24, 2.45) is 0 Å². The second kappa shape index (κ2) is 9.50. The quantitative estimate of drug-likeness (QED) is 0.592. The van der Waals surface area contributed by atoms with Crippen LogP contribution in [0.4, 0.5) is 0 Å². The van der Waals surface area contributed by atoms with Crippen molar-refractivity contribution in [1.82, 2.24) is 10.5 Å². The van der Waals surface area contributed by atoms with Crippen LogP contribution < -0.4 is 24.3 Å². The molecule has 0 bridgehead atoms. The Morgan fingerprint density at radius 3 is 2.52 bits per heavy atom. The molecule has 3 rings (SSSR count). The fraction of sp³-hybridized carbons (Fsp3) is 0.238. The van der Waals surface area contributed by atoms with Crippen LogP contribution in [0.2, 0.25) is 0 Å². The zero-order valence-electron chi connectivity index (χ0n) is 16.4. The summed E-state index contributed by atoms with van der Waals surface area (Å²) >= 11 is 0. The Hall–Kier alpha value is -3.68. The van der Waals surface area contributed by atoms with Gasteiger partial charge in [-0.2, -0.15) is 0 Å². The van der Waals surface area contributed by atoms with Gasteiger partial charge in [-0.1, -0.05) is 11.2 Å². The highest BCUT2D eigenvalue weighted by atomic mass is 16.5. The van der Waals surface area contributed by atoms with Crippen molar-refractivity contribution in [3.63, 3.8) is 0 Å². The van der Waals surface area contributed by atoms with Crippen molar-refractivity contribution in [3.05, 3.63) is 54.2 Å². The molecule has 0 aliphatic heterocycles. The number of rotatable bonds is 9. The fourth-order valence-electron chi connectivity index (χ4n) is 2.60. The van der Waals surface area contributed by atoms with Gasteiger partial charge >= 0.3 is 0 Å². The number of hydrogen-bond donors (Lipinski definition) is 1. The second-order valence-corrected chi connectivity index (χ2v) is 6.00. The highest BCUT2D eigenvalue weighted by Crippen LogP contribution is 2.32. The van der Waals surface area contributed by atoms with Crippen molar-refractivity contribution in [3.8, 4) is 34.3 Å². The molecule has 0 atom stereocenters. The lowest BCUT2D eigenvalue weighted by atomic mass is 10.1. The van der Waals surface area contributed by atoms with Crippen LogP contribution in [-0.2, 0) is 11.3 Å². The van der Waals surface area contributed by atoms with E-state index in [0.717, 1.165) is 5.56 Å². The summed E-state index contributed by atoms with van der Waals surface area (Å²) in [6, 6.07) is 14.2. The first-order chi connectivity index (χ1) is 14.1. The van der Waals surface area contributed by atoms with Crippen molar-refractivity contribution >= 4 is 5.91 Å². The Bertz CT molecular complexity index is 969. The second-order valence-electron chi connectivity index (χ2n) is 6.00. The molecular formula is C21H22N2O6. The van der Waals surface area contributed by atoms with E-state index in [1.807, 2.05) is 6.07 Å². The lowest BCUT2D eigenvalue weighted by Gasteiger charge is -2.08. The maximum absolute atomic E-state index is 12.0. The minimum absolute atomic E-state index is 0.118. The van der Waals surface area contributed by atoms with Crippen molar-refractivity contribution < 1.29 is 28.3 Å². The van der Waals surface area contributed by atoms with Gasteiger partial charge in [-0.15, -0.1) is 0 Å². The summed E-state index contributed by atoms with van der Waals surface area (Å²) in [5.41, 5.74) is 1.37. The van der Waals surface area contributed by atoms with E-state index >= 15 is 0 Å². The molecule has 1 amide bonds. The molecule has 1 N–H and O–H groups in total. The van der Waals surface area contributed by atoms with E-state index in [0.29, 0.717) is 34.5 Å². The number of carbonyl (C=O) groups excluding carboxylic acids is 1. The minimum atomic E-state index is -0.275. The fourth-order valence-corrected chi connectivity index (χ4v) is 2.60. The monoisotopic (exact) mass is 398 g/mol. The Labute approximate surface area is 168 Å². The van der Waals surface area contributed by atoms with Gasteiger partial charge in [-0.05, 0) is 30.3 Å². The number of hydrogen-bond acceptors (Lipinski definition) is 7. The van der Waals surface area contributed by atoms with E-state index in [-0.39, 0.29) is 19.1 Å². The van der Waals surface area contributed by atoms with Gasteiger partial charge in [0, 0.05) is 17.7 Å². The zero-order valence-corrected chi connectivity index (χ0v) is 16.4. The third kappa shape index (κ3) is 5.19. The predicted molar refractivity (Wildman–Crippen MR) is 105 cm³/mol. The number of aromatic nitrogens is 1. The molecule has 0 saturated carbocycles. The number of carbonyl (C=O) groups is 1. The Balaban J connectivity index is 1.54. The SMILES string of the molecule is COc1cccc(OCC(=O)NCc2cc(-c3ccc(OC)c(OC)c3)on2)c1. The molecule has 0 radical (unpaired) electrons. The molecule has 0 saturated heterocycles. The zero-order chi connectivity index (χ0) is 20.6. The van der Waals surface area contributed by atoms with Gasteiger partial charge in [0.15, 0.2) is 23.9 Å². The summed E-state index contributed by atoms with van der Waals surface area (Å²) < 4.78 is 26.5. The summed E-state index contributed by atoms with van der Waals surface area (Å²) in [5.74, 6) is 2.71. The van der Waals surface area contributed by atoms with E-state index in [1.54, 1.807) is 63.8 Å². The van der Waals surface area contributed by atoms with Gasteiger partial charge < -0.3 is 28.8 Å². The molecule has 0 fully saturated rings. The molecule has 29 heavy (non-hydrogen) atoms. The van der Waals surface area contributed by atoms with Crippen LogP contribution in [0.5, 0.6) is 23.0 Å². The highest BCUT2D eigenvalue weighted by molar-refractivity contribution is 5.77. The van der Waals surface area contributed by atoms with Crippen LogP contribution in [0.25, 0.3) is 11.3 Å². The first-order valence-electron chi connectivity index (χ1n) is 8.84. The van der Waals surface area contributed by atoms with E-state index < -0.39 is 0 Å². The normalized spacial score (nSPS) is 10.3. The van der Waals surface area contributed by atoms with Gasteiger partial charge in [0.25, 0.3) is 5.91 Å². The summed E-state index contributed by atoms with van der Waals surface area (Å²) in [5, 5.41) is 6.73. The van der Waals surface area contributed by atoms with E-state index in [1.165, 1.54) is 0 Å². The first-order valence-corrected chi connectivity index (χ1v) is 8.84. The van der Waals surface area contributed by atoms with Crippen LogP contribution in [0.3, 0.4) is 0 Å². The molecule has 1 heterocycles. The van der Waals surface area contributed by atoms with Crippen LogP contribution in [0, 0.1) is 0 Å². The van der Waals surface area contributed by atoms with Crippen LogP contribution in [-0.4, -0.2) is 39.0 Å². The molecule has 0 spiro atoms. The molecule has 0 unspecified atom stereocenters. The number of ether oxygens (including phenoxy) is 4. The predicted octanol–water partition coefficient (Wildman–Crippen LogP) is 3.06. The van der Waals surface area contributed by atoms with Gasteiger partial charge in [-0.3, -0.25) is 4.79 Å². The molecule has 1 aromatic heterocycles. The van der Waals surface area contributed by atoms with Crippen LogP contribution in [0.1, 0.15) is 5.69 Å². The standard InChI is InChI=1S/C21H22N2O6/c1-25-16-5-4-6-17(11-16)28-13-21(24)22-12-15-10-19(29-23-15)14-7-8-18(26-2)20(9-14)27-3/h4-11H,12-13H2,1-3H3,(H,22,24). The number of nitrogens with one attached hydrogen (secondary N) is 1. The average Bonchev–Trinajstić information content (AvgIpc) is 3.25. The Morgan fingerprint density at radius 2 is 1.76 bits per heavy atom. The number of amides is 1. The first kappa shape index (κ1) is 20.1. The molecule has 8 nitrogen and oxygen atoms in total. The summed E-state index contributed by atoms with van der Waals surface area (Å²) in [6.45, 7) is 0.102. The number of methoxy groups -OCH3 is 3. The van der Waals surface area contributed by atoms with Gasteiger partial charge in [0.2, 0.25) is 0 Å². The Kier molecular flexibility index (Phi) is 6.57. The maximum atomic E-state index is 12.0. The molecule has 8 heteroatoms. The summed E-state index contributed by atoms with van der Waals surface area (Å²) in [7, 11) is 4.71. The number of nitrogens with zero attached hydrogens (tertiary/aromatic N) is 1. The van der Waals surface area contributed by atoms with E-state index in [4.69, 9.17) is 23.5 Å². The Morgan fingerprint density at radius 1 is 0.966 bits per heavy atom. The smallest absolute Gasteiger partial charge is 0.258 e. The molecule has 3 aromatic rings. The maximum Gasteiger partial charge on any atom is 0.258 e. The van der Waals surface area contributed by atoms with Crippen LogP contribution >= 0.6 is 0 Å². The highest BCUT2D eigenvalue weighted by Gasteiger charge is 2.12. The van der Waals surface area contributed by atoms with Gasteiger partial charge in [0.05, 0.1) is 27.9 Å². The van der Waals surface area contributed by atoms with Crippen LogP contribution in [0.15, 0.2) is 53.1 Å². The molecule has 152 valence electrons. The number of benzene rings is 2. The molecule has 0 aliphatic carbocycles. The molecule has 0 aliphatic rings. The van der Waals surface area contributed by atoms with Crippen molar-refractivity contribution in [2.45, 2.75) is 6.54 Å². The lowest BCUT2D eigenvalue weighted by Crippen LogP contribution is -2.28. The van der Waals surface area contributed by atoms with Crippen molar-refractivity contribution in [2.75, 3.05) is 27.9 Å². The topological polar surface area (TPSA) is 92.1 Å². The largest absolute Gasteiger partial charge is 0.497 e. The summed E-state index contributed by atoms with van der Waals surface area (Å²) in [4.78, 5) is 12.0. The van der Waals surface area contributed by atoms with E-state index in [9.17, 15) is 4.79 Å².